The van der Waals surface area contributed by atoms with Crippen molar-refractivity contribution >= 4 is 5.69 Å². The molecule has 0 spiro atoms. The van der Waals surface area contributed by atoms with Gasteiger partial charge in [-0.2, -0.15) is 0 Å². The molecule has 22 heavy (non-hydrogen) atoms. The summed E-state index contributed by atoms with van der Waals surface area (Å²) in [6, 6.07) is 14.6. The predicted octanol–water partition coefficient (Wildman–Crippen LogP) is 5.67. The van der Waals surface area contributed by atoms with E-state index >= 15 is 0 Å². The van der Waals surface area contributed by atoms with Crippen LogP contribution < -0.4 is 4.90 Å². The molecule has 0 aliphatic rings. The number of rotatable bonds is 4. The summed E-state index contributed by atoms with van der Waals surface area (Å²) in [5, 5.41) is 0. The van der Waals surface area contributed by atoms with E-state index in [2.05, 4.69) is 50.8 Å². The standard InChI is InChI=1S/C20H24FN/c1-14-7-8-15(2)19(13-14)17-9-11-18(12-10-17)22(6)16(3)20(4,5)21/h7-13H,3H2,1-2,4-6H3. The second kappa shape index (κ2) is 5.96. The number of hydrogen-bond acceptors (Lipinski definition) is 1. The van der Waals surface area contributed by atoms with Crippen molar-refractivity contribution in [1.82, 2.24) is 0 Å². The van der Waals surface area contributed by atoms with Crippen LogP contribution in [-0.4, -0.2) is 12.7 Å². The molecule has 2 rings (SSSR count). The molecule has 0 N–H and O–H groups in total. The van der Waals surface area contributed by atoms with Gasteiger partial charge in [-0.1, -0.05) is 42.5 Å². The summed E-state index contributed by atoms with van der Waals surface area (Å²) in [4.78, 5) is 1.80. The molecule has 0 atom stereocenters. The number of allylic oxidation sites excluding steroid dienone is 1. The number of hydrogen-bond donors (Lipinski definition) is 0. The highest BCUT2D eigenvalue weighted by Gasteiger charge is 2.24. The van der Waals surface area contributed by atoms with Crippen molar-refractivity contribution in [3.8, 4) is 11.1 Å². The Kier molecular flexibility index (Phi) is 4.41. The number of anilines is 1. The summed E-state index contributed by atoms with van der Waals surface area (Å²) in [6.07, 6.45) is 0. The van der Waals surface area contributed by atoms with E-state index < -0.39 is 5.67 Å². The lowest BCUT2D eigenvalue weighted by molar-refractivity contribution is 0.264. The summed E-state index contributed by atoms with van der Waals surface area (Å²) in [5.41, 5.74) is 4.86. The largest absolute Gasteiger partial charge is 0.346 e. The Morgan fingerprint density at radius 1 is 1.05 bits per heavy atom. The average Bonchev–Trinajstić information content (AvgIpc) is 2.47. The topological polar surface area (TPSA) is 3.24 Å². The van der Waals surface area contributed by atoms with Crippen molar-refractivity contribution in [2.75, 3.05) is 11.9 Å². The molecule has 2 aromatic carbocycles. The third-order valence-corrected chi connectivity index (χ3v) is 4.05. The predicted molar refractivity (Wildman–Crippen MR) is 94.1 cm³/mol. The zero-order valence-corrected chi connectivity index (χ0v) is 14.1. The normalized spacial score (nSPS) is 11.4. The molecule has 2 aromatic rings. The Morgan fingerprint density at radius 3 is 2.18 bits per heavy atom. The third-order valence-electron chi connectivity index (χ3n) is 4.05. The first kappa shape index (κ1) is 16.3. The number of nitrogens with zero attached hydrogens (tertiary/aromatic N) is 1. The molecule has 1 nitrogen and oxygen atoms in total. The Labute approximate surface area is 133 Å². The van der Waals surface area contributed by atoms with Gasteiger partial charge < -0.3 is 4.90 Å². The van der Waals surface area contributed by atoms with Crippen molar-refractivity contribution in [2.45, 2.75) is 33.4 Å². The molecule has 0 aliphatic carbocycles. The van der Waals surface area contributed by atoms with E-state index in [1.807, 2.05) is 19.2 Å². The first-order chi connectivity index (χ1) is 10.2. The molecule has 0 aromatic heterocycles. The lowest BCUT2D eigenvalue weighted by Crippen LogP contribution is -2.29. The minimum Gasteiger partial charge on any atom is -0.346 e. The second-order valence-corrected chi connectivity index (χ2v) is 6.34. The molecule has 0 aliphatic heterocycles. The van der Waals surface area contributed by atoms with E-state index in [1.54, 1.807) is 4.90 Å². The summed E-state index contributed by atoms with van der Waals surface area (Å²) < 4.78 is 14.0. The van der Waals surface area contributed by atoms with Crippen LogP contribution in [0, 0.1) is 13.8 Å². The molecule has 0 heterocycles. The van der Waals surface area contributed by atoms with E-state index in [9.17, 15) is 4.39 Å². The first-order valence-electron chi connectivity index (χ1n) is 7.50. The molecule has 0 saturated carbocycles. The molecule has 0 amide bonds. The maximum Gasteiger partial charge on any atom is 0.144 e. The van der Waals surface area contributed by atoms with Crippen LogP contribution >= 0.6 is 0 Å². The monoisotopic (exact) mass is 297 g/mol. The highest BCUT2D eigenvalue weighted by atomic mass is 19.1. The van der Waals surface area contributed by atoms with Crippen LogP contribution in [0.5, 0.6) is 0 Å². The summed E-state index contributed by atoms with van der Waals surface area (Å²) in [7, 11) is 1.84. The lowest BCUT2D eigenvalue weighted by atomic mass is 9.98. The molecule has 116 valence electrons. The van der Waals surface area contributed by atoms with Gasteiger partial charge in [0.05, 0.1) is 0 Å². The zero-order valence-electron chi connectivity index (χ0n) is 14.1. The first-order valence-corrected chi connectivity index (χ1v) is 7.50. The molecule has 0 fully saturated rings. The van der Waals surface area contributed by atoms with E-state index in [0.29, 0.717) is 5.70 Å². The van der Waals surface area contributed by atoms with Gasteiger partial charge in [-0.05, 0) is 56.5 Å². The maximum atomic E-state index is 14.0. The van der Waals surface area contributed by atoms with Gasteiger partial charge in [-0.3, -0.25) is 0 Å². The van der Waals surface area contributed by atoms with Crippen molar-refractivity contribution < 1.29 is 4.39 Å². The molecular weight excluding hydrogens is 273 g/mol. The molecule has 0 saturated heterocycles. The summed E-state index contributed by atoms with van der Waals surface area (Å²) in [6.45, 7) is 11.1. The fraction of sp³-hybridized carbons (Fsp3) is 0.300. The van der Waals surface area contributed by atoms with Gasteiger partial charge >= 0.3 is 0 Å². The van der Waals surface area contributed by atoms with Crippen LogP contribution in [0.1, 0.15) is 25.0 Å². The van der Waals surface area contributed by atoms with Crippen LogP contribution in [0.2, 0.25) is 0 Å². The van der Waals surface area contributed by atoms with Crippen molar-refractivity contribution in [3.05, 3.63) is 65.9 Å². The highest BCUT2D eigenvalue weighted by molar-refractivity contribution is 5.70. The van der Waals surface area contributed by atoms with Gasteiger partial charge in [-0.25, -0.2) is 4.39 Å². The molecule has 0 unspecified atom stereocenters. The van der Waals surface area contributed by atoms with Crippen LogP contribution in [0.15, 0.2) is 54.7 Å². The molecule has 2 heteroatoms. The smallest absolute Gasteiger partial charge is 0.144 e. The number of benzene rings is 2. The second-order valence-electron chi connectivity index (χ2n) is 6.34. The van der Waals surface area contributed by atoms with E-state index in [4.69, 9.17) is 0 Å². The van der Waals surface area contributed by atoms with Crippen molar-refractivity contribution in [2.24, 2.45) is 0 Å². The number of aryl methyl sites for hydroxylation is 2. The minimum absolute atomic E-state index is 0.451. The van der Waals surface area contributed by atoms with Gasteiger partial charge in [0.25, 0.3) is 0 Å². The minimum atomic E-state index is -1.43. The Bertz CT molecular complexity index is 678. The van der Waals surface area contributed by atoms with E-state index in [1.165, 1.54) is 36.1 Å². The average molecular weight is 297 g/mol. The molecule has 0 bridgehead atoms. The highest BCUT2D eigenvalue weighted by Crippen LogP contribution is 2.30. The van der Waals surface area contributed by atoms with E-state index in [0.717, 1.165) is 5.69 Å². The van der Waals surface area contributed by atoms with Gasteiger partial charge in [0.1, 0.15) is 5.67 Å². The molecule has 0 radical (unpaired) electrons. The fourth-order valence-electron chi connectivity index (χ4n) is 2.47. The SMILES string of the molecule is C=C(N(C)c1ccc(-c2cc(C)ccc2C)cc1)C(C)(C)F. The summed E-state index contributed by atoms with van der Waals surface area (Å²) >= 11 is 0. The van der Waals surface area contributed by atoms with Crippen LogP contribution in [0.3, 0.4) is 0 Å². The number of alkyl halides is 1. The van der Waals surface area contributed by atoms with E-state index in [-0.39, 0.29) is 0 Å². The van der Waals surface area contributed by atoms with Crippen LogP contribution in [-0.2, 0) is 0 Å². The van der Waals surface area contributed by atoms with Gasteiger partial charge in [0.15, 0.2) is 0 Å². The third kappa shape index (κ3) is 3.38. The molecular formula is C20H24FN. The fourth-order valence-corrected chi connectivity index (χ4v) is 2.47. The van der Waals surface area contributed by atoms with Gasteiger partial charge in [-0.15, -0.1) is 0 Å². The Morgan fingerprint density at radius 2 is 1.64 bits per heavy atom. The van der Waals surface area contributed by atoms with Crippen molar-refractivity contribution in [3.63, 3.8) is 0 Å². The van der Waals surface area contributed by atoms with Crippen molar-refractivity contribution in [1.29, 1.82) is 0 Å². The quantitative estimate of drug-likeness (QED) is 0.703. The Hall–Kier alpha value is -2.09. The summed E-state index contributed by atoms with van der Waals surface area (Å²) in [5.74, 6) is 0. The Balaban J connectivity index is 2.31. The van der Waals surface area contributed by atoms with Gasteiger partial charge in [0, 0.05) is 18.4 Å². The van der Waals surface area contributed by atoms with Gasteiger partial charge in [0.2, 0.25) is 0 Å². The maximum absolute atomic E-state index is 14.0. The number of halogens is 1. The zero-order chi connectivity index (χ0) is 16.5. The van der Waals surface area contributed by atoms with Crippen LogP contribution in [0.4, 0.5) is 10.1 Å². The van der Waals surface area contributed by atoms with Crippen LogP contribution in [0.25, 0.3) is 11.1 Å². The lowest BCUT2D eigenvalue weighted by Gasteiger charge is -2.28.